The lowest BCUT2D eigenvalue weighted by Gasteiger charge is -2.31. The largest absolute Gasteiger partial charge is 0.508 e. The van der Waals surface area contributed by atoms with E-state index in [0.717, 1.165) is 23.3 Å². The molecular formula is C30H37NO6. The molecular weight excluding hydrogens is 470 g/mol. The number of phenolic OH excluding ortho intramolecular Hbond substituents is 1. The number of rotatable bonds is 15. The molecule has 2 atom stereocenters. The van der Waals surface area contributed by atoms with Crippen molar-refractivity contribution in [2.75, 3.05) is 32.9 Å². The molecule has 0 heterocycles. The van der Waals surface area contributed by atoms with Gasteiger partial charge in [-0.05, 0) is 68.1 Å². The maximum atomic E-state index is 11.5. The molecule has 0 aliphatic carbocycles. The van der Waals surface area contributed by atoms with Crippen molar-refractivity contribution in [3.05, 3.63) is 90.0 Å². The number of hydrogen-bond donors (Lipinski definition) is 2. The highest BCUT2D eigenvalue weighted by Gasteiger charge is 2.19. The van der Waals surface area contributed by atoms with Crippen molar-refractivity contribution in [2.24, 2.45) is 0 Å². The van der Waals surface area contributed by atoms with Gasteiger partial charge < -0.3 is 24.4 Å². The molecule has 3 aromatic carbocycles. The third-order valence-electron chi connectivity index (χ3n) is 6.03. The molecule has 7 heteroatoms. The number of para-hydroxylation sites is 2. The van der Waals surface area contributed by atoms with Crippen LogP contribution in [-0.2, 0) is 22.4 Å². The van der Waals surface area contributed by atoms with Crippen LogP contribution in [0.3, 0.4) is 0 Å². The summed E-state index contributed by atoms with van der Waals surface area (Å²) >= 11 is 0. The van der Waals surface area contributed by atoms with Gasteiger partial charge in [0.05, 0.1) is 6.61 Å². The quantitative estimate of drug-likeness (QED) is 0.297. The van der Waals surface area contributed by atoms with Gasteiger partial charge in [0, 0.05) is 19.1 Å². The molecule has 0 bridgehead atoms. The Hall–Kier alpha value is -3.55. The van der Waals surface area contributed by atoms with Gasteiger partial charge in [-0.1, -0.05) is 48.5 Å². The molecule has 3 aromatic rings. The van der Waals surface area contributed by atoms with E-state index in [4.69, 9.17) is 14.2 Å². The predicted octanol–water partition coefficient (Wildman–Crippen LogP) is 4.25. The number of nitrogens with zero attached hydrogens (tertiary/aromatic N) is 1. The summed E-state index contributed by atoms with van der Waals surface area (Å²) in [6.45, 7) is 5.38. The lowest BCUT2D eigenvalue weighted by atomic mass is 10.0. The highest BCUT2D eigenvalue weighted by Crippen LogP contribution is 2.19. The van der Waals surface area contributed by atoms with Crippen LogP contribution in [0.4, 0.5) is 0 Å². The molecule has 0 aliphatic heterocycles. The molecule has 0 aliphatic rings. The summed E-state index contributed by atoms with van der Waals surface area (Å²) in [7, 11) is 0. The SMILES string of the molecule is CCOC(=O)COc1ccc(C[C@@H](C)N(CCc2ccccc2O)C[C@H](O)COc2ccccc2)cc1. The molecule has 0 amide bonds. The average Bonchev–Trinajstić information content (AvgIpc) is 2.91. The van der Waals surface area contributed by atoms with Gasteiger partial charge in [0.2, 0.25) is 0 Å². The van der Waals surface area contributed by atoms with Crippen molar-refractivity contribution >= 4 is 5.97 Å². The number of phenols is 1. The van der Waals surface area contributed by atoms with Crippen molar-refractivity contribution in [2.45, 2.75) is 38.8 Å². The minimum atomic E-state index is -0.675. The number of aromatic hydroxyl groups is 1. The average molecular weight is 508 g/mol. The molecule has 37 heavy (non-hydrogen) atoms. The fourth-order valence-electron chi connectivity index (χ4n) is 4.05. The first-order valence-corrected chi connectivity index (χ1v) is 12.7. The van der Waals surface area contributed by atoms with Crippen molar-refractivity contribution in [1.82, 2.24) is 4.90 Å². The molecule has 2 N–H and O–H groups in total. The minimum absolute atomic E-state index is 0.114. The van der Waals surface area contributed by atoms with Gasteiger partial charge in [0.25, 0.3) is 0 Å². The van der Waals surface area contributed by atoms with E-state index in [2.05, 4.69) is 11.8 Å². The normalized spacial score (nSPS) is 12.6. The number of esters is 1. The van der Waals surface area contributed by atoms with Crippen molar-refractivity contribution in [1.29, 1.82) is 0 Å². The predicted molar refractivity (Wildman–Crippen MR) is 143 cm³/mol. The monoisotopic (exact) mass is 507 g/mol. The molecule has 198 valence electrons. The summed E-state index contributed by atoms with van der Waals surface area (Å²) in [5, 5.41) is 21.0. The summed E-state index contributed by atoms with van der Waals surface area (Å²) in [5.74, 6) is 1.21. The Kier molecular flexibility index (Phi) is 11.3. The first-order valence-electron chi connectivity index (χ1n) is 12.7. The van der Waals surface area contributed by atoms with Crippen molar-refractivity contribution < 1.29 is 29.2 Å². The Morgan fingerprint density at radius 2 is 1.59 bits per heavy atom. The topological polar surface area (TPSA) is 88.5 Å². The number of benzene rings is 3. The number of aliphatic hydroxyl groups excluding tert-OH is 1. The standard InChI is InChI=1S/C30H37NO6/c1-3-35-30(34)22-37-28-15-13-24(14-16-28)19-23(2)31(18-17-25-9-7-8-12-29(25)33)20-26(32)21-36-27-10-5-4-6-11-27/h4-16,23,26,32-33H,3,17-22H2,1-2H3/t23-,26+/m1/s1. The summed E-state index contributed by atoms with van der Waals surface area (Å²) in [4.78, 5) is 13.7. The fraction of sp³-hybridized carbons (Fsp3) is 0.367. The third-order valence-corrected chi connectivity index (χ3v) is 6.03. The van der Waals surface area contributed by atoms with E-state index in [1.807, 2.05) is 72.8 Å². The number of aliphatic hydroxyl groups is 1. The summed E-state index contributed by atoms with van der Waals surface area (Å²) < 4.78 is 16.1. The van der Waals surface area contributed by atoms with Crippen LogP contribution in [0.2, 0.25) is 0 Å². The van der Waals surface area contributed by atoms with Gasteiger partial charge in [0.15, 0.2) is 6.61 Å². The molecule has 0 unspecified atom stereocenters. The minimum Gasteiger partial charge on any atom is -0.508 e. The van der Waals surface area contributed by atoms with Crippen LogP contribution in [0.5, 0.6) is 17.2 Å². The van der Waals surface area contributed by atoms with Crippen LogP contribution >= 0.6 is 0 Å². The van der Waals surface area contributed by atoms with E-state index in [0.29, 0.717) is 31.9 Å². The first-order chi connectivity index (χ1) is 17.9. The highest BCUT2D eigenvalue weighted by molar-refractivity contribution is 5.71. The Morgan fingerprint density at radius 3 is 2.30 bits per heavy atom. The van der Waals surface area contributed by atoms with Gasteiger partial charge in [0.1, 0.15) is 30.0 Å². The molecule has 0 fully saturated rings. The summed E-state index contributed by atoms with van der Waals surface area (Å²) in [6, 6.07) is 24.5. The zero-order valence-electron chi connectivity index (χ0n) is 21.6. The van der Waals surface area contributed by atoms with E-state index in [1.165, 1.54) is 0 Å². The second-order valence-corrected chi connectivity index (χ2v) is 8.94. The Bertz CT molecular complexity index is 1070. The van der Waals surface area contributed by atoms with Crippen molar-refractivity contribution in [3.8, 4) is 17.2 Å². The van der Waals surface area contributed by atoms with Gasteiger partial charge in [-0.3, -0.25) is 4.90 Å². The van der Waals surface area contributed by atoms with E-state index >= 15 is 0 Å². The second kappa shape index (κ2) is 14.9. The molecule has 0 aromatic heterocycles. The highest BCUT2D eigenvalue weighted by atomic mass is 16.6. The Labute approximate surface area is 219 Å². The van der Waals surface area contributed by atoms with Crippen LogP contribution in [0, 0.1) is 0 Å². The number of hydrogen-bond acceptors (Lipinski definition) is 7. The molecule has 0 saturated carbocycles. The zero-order valence-corrected chi connectivity index (χ0v) is 21.6. The van der Waals surface area contributed by atoms with E-state index in [1.54, 1.807) is 13.0 Å². The first kappa shape index (κ1) is 28.0. The van der Waals surface area contributed by atoms with Gasteiger partial charge in [-0.2, -0.15) is 0 Å². The van der Waals surface area contributed by atoms with Crippen molar-refractivity contribution in [3.63, 3.8) is 0 Å². The summed E-state index contributed by atoms with van der Waals surface area (Å²) in [6.07, 6.45) is 0.737. The molecule has 3 rings (SSSR count). The van der Waals surface area contributed by atoms with Gasteiger partial charge >= 0.3 is 5.97 Å². The van der Waals surface area contributed by atoms with Crippen LogP contribution in [0.15, 0.2) is 78.9 Å². The van der Waals surface area contributed by atoms with Crippen LogP contribution in [-0.4, -0.2) is 66.1 Å². The second-order valence-electron chi connectivity index (χ2n) is 8.94. The lowest BCUT2D eigenvalue weighted by molar-refractivity contribution is -0.145. The smallest absolute Gasteiger partial charge is 0.344 e. The van der Waals surface area contributed by atoms with Crippen LogP contribution < -0.4 is 9.47 Å². The molecule has 7 nitrogen and oxygen atoms in total. The van der Waals surface area contributed by atoms with Gasteiger partial charge in [-0.25, -0.2) is 4.79 Å². The van der Waals surface area contributed by atoms with E-state index in [-0.39, 0.29) is 25.0 Å². The van der Waals surface area contributed by atoms with E-state index in [9.17, 15) is 15.0 Å². The van der Waals surface area contributed by atoms with Gasteiger partial charge in [-0.15, -0.1) is 0 Å². The number of carbonyl (C=O) groups excluding carboxylic acids is 1. The lowest BCUT2D eigenvalue weighted by Crippen LogP contribution is -2.43. The van der Waals surface area contributed by atoms with Crippen LogP contribution in [0.1, 0.15) is 25.0 Å². The number of carbonyl (C=O) groups is 1. The zero-order chi connectivity index (χ0) is 26.5. The maximum absolute atomic E-state index is 11.5. The molecule has 0 spiro atoms. The van der Waals surface area contributed by atoms with Crippen LogP contribution in [0.25, 0.3) is 0 Å². The Balaban J connectivity index is 1.60. The Morgan fingerprint density at radius 1 is 0.919 bits per heavy atom. The molecule has 0 saturated heterocycles. The molecule has 0 radical (unpaired) electrons. The fourth-order valence-corrected chi connectivity index (χ4v) is 4.05. The number of ether oxygens (including phenoxy) is 3. The maximum Gasteiger partial charge on any atom is 0.344 e. The van der Waals surface area contributed by atoms with E-state index < -0.39 is 12.1 Å². The summed E-state index contributed by atoms with van der Waals surface area (Å²) in [5.41, 5.74) is 1.98. The third kappa shape index (κ3) is 9.79.